The minimum absolute atomic E-state index is 0.0661. The van der Waals surface area contributed by atoms with Crippen molar-refractivity contribution in [2.75, 3.05) is 6.79 Å². The summed E-state index contributed by atoms with van der Waals surface area (Å²) in [7, 11) is 0. The molecule has 0 amide bonds. The molecule has 0 radical (unpaired) electrons. The third kappa shape index (κ3) is 7.99. The van der Waals surface area contributed by atoms with Crippen LogP contribution in [0.15, 0.2) is 66.3 Å². The number of carbonyl (C=O) groups is 1. The van der Waals surface area contributed by atoms with Crippen molar-refractivity contribution in [1.29, 1.82) is 0 Å². The van der Waals surface area contributed by atoms with E-state index in [4.69, 9.17) is 14.2 Å². The largest absolute Gasteiger partial charge is 0.460 e. The van der Waals surface area contributed by atoms with Gasteiger partial charge in [-0.25, -0.2) is 8.78 Å². The van der Waals surface area contributed by atoms with Crippen molar-refractivity contribution in [3.63, 3.8) is 0 Å². The summed E-state index contributed by atoms with van der Waals surface area (Å²) in [5, 5.41) is 0. The van der Waals surface area contributed by atoms with Gasteiger partial charge in [0.25, 0.3) is 0 Å². The van der Waals surface area contributed by atoms with E-state index in [0.717, 1.165) is 30.3 Å². The van der Waals surface area contributed by atoms with Crippen LogP contribution in [0.4, 0.5) is 22.0 Å². The summed E-state index contributed by atoms with van der Waals surface area (Å²) in [5.74, 6) is -1.69. The Kier molecular flexibility index (Phi) is 8.68. The lowest BCUT2D eigenvalue weighted by atomic mass is 9.92. The van der Waals surface area contributed by atoms with Gasteiger partial charge < -0.3 is 14.2 Å². The number of benzene rings is 2. The van der Waals surface area contributed by atoms with E-state index in [9.17, 15) is 26.7 Å². The van der Waals surface area contributed by atoms with Gasteiger partial charge in [-0.05, 0) is 56.2 Å². The lowest BCUT2D eigenvalue weighted by Crippen LogP contribution is -2.34. The summed E-state index contributed by atoms with van der Waals surface area (Å²) in [4.78, 5) is 12.1. The van der Waals surface area contributed by atoms with Crippen molar-refractivity contribution in [2.24, 2.45) is 0 Å². The molecule has 1 saturated heterocycles. The average molecular weight is 510 g/mol. The molecule has 0 aromatic heterocycles. The van der Waals surface area contributed by atoms with Crippen LogP contribution in [-0.4, -0.2) is 36.7 Å². The predicted octanol–water partition coefficient (Wildman–Crippen LogP) is 6.75. The van der Waals surface area contributed by atoms with Gasteiger partial charge in [0.05, 0.1) is 24.2 Å². The lowest BCUT2D eigenvalue weighted by molar-refractivity contribution is -0.179. The van der Waals surface area contributed by atoms with Gasteiger partial charge in [-0.2, -0.15) is 13.2 Å². The highest BCUT2D eigenvalue weighted by Gasteiger charge is 2.36. The Labute approximate surface area is 206 Å². The number of rotatable bonds is 6. The monoisotopic (exact) mass is 510 g/mol. The summed E-state index contributed by atoms with van der Waals surface area (Å²) in [5.41, 5.74) is -1.72. The van der Waals surface area contributed by atoms with Crippen LogP contribution in [0.2, 0.25) is 0 Å². The number of carbonyl (C=O) groups excluding carboxylic acids is 1. The fraction of sp³-hybridized carbons (Fsp3) is 0.370. The molecule has 1 aliphatic rings. The maximum absolute atomic E-state index is 14.3. The highest BCUT2D eigenvalue weighted by molar-refractivity contribution is 5.84. The fourth-order valence-electron chi connectivity index (χ4n) is 3.70. The van der Waals surface area contributed by atoms with Crippen molar-refractivity contribution in [1.82, 2.24) is 0 Å². The maximum Gasteiger partial charge on any atom is 0.417 e. The molecule has 1 aliphatic heterocycles. The van der Waals surface area contributed by atoms with Gasteiger partial charge in [-0.3, -0.25) is 4.79 Å². The van der Waals surface area contributed by atoms with Gasteiger partial charge in [0, 0.05) is 12.0 Å². The van der Waals surface area contributed by atoms with E-state index in [1.54, 1.807) is 20.8 Å². The van der Waals surface area contributed by atoms with Crippen LogP contribution < -0.4 is 0 Å². The van der Waals surface area contributed by atoms with Gasteiger partial charge in [0.1, 0.15) is 24.0 Å². The molecular weight excluding hydrogens is 483 g/mol. The van der Waals surface area contributed by atoms with E-state index in [1.165, 1.54) is 30.3 Å². The standard InChI is InChI=1S/C27H27F5O4/c1-26(2,3)36-24(33)15-22-14-21(34-16-35-22)12-13-23(27(30,31)32)25(17-4-8-19(28)9-5-17)18-6-10-20(29)11-7-18/h4-13,21-22H,14-16H2,1-3H3/b13-12+. The van der Waals surface area contributed by atoms with Crippen molar-refractivity contribution >= 4 is 11.5 Å². The van der Waals surface area contributed by atoms with Crippen LogP contribution in [0, 0.1) is 11.6 Å². The zero-order valence-corrected chi connectivity index (χ0v) is 20.1. The molecule has 1 heterocycles. The molecule has 0 N–H and O–H groups in total. The number of alkyl halides is 3. The Hall–Kier alpha value is -3.04. The summed E-state index contributed by atoms with van der Waals surface area (Å²) in [6, 6.07) is 9.15. The van der Waals surface area contributed by atoms with Gasteiger partial charge >= 0.3 is 12.1 Å². The smallest absolute Gasteiger partial charge is 0.417 e. The zero-order valence-electron chi connectivity index (χ0n) is 20.1. The molecule has 4 nitrogen and oxygen atoms in total. The topological polar surface area (TPSA) is 44.8 Å². The minimum Gasteiger partial charge on any atom is -0.460 e. The Balaban J connectivity index is 1.93. The van der Waals surface area contributed by atoms with E-state index >= 15 is 0 Å². The highest BCUT2D eigenvalue weighted by atomic mass is 19.4. The molecular formula is C27H27F5O4. The van der Waals surface area contributed by atoms with Crippen LogP contribution >= 0.6 is 0 Å². The van der Waals surface area contributed by atoms with Gasteiger partial charge in [-0.15, -0.1) is 0 Å². The molecule has 36 heavy (non-hydrogen) atoms. The number of halogens is 5. The summed E-state index contributed by atoms with van der Waals surface area (Å²) in [6.45, 7) is 4.99. The molecule has 2 aromatic carbocycles. The Morgan fingerprint density at radius 2 is 1.47 bits per heavy atom. The van der Waals surface area contributed by atoms with Gasteiger partial charge in [0.15, 0.2) is 0 Å². The molecule has 3 rings (SSSR count). The molecule has 0 spiro atoms. The maximum atomic E-state index is 14.3. The predicted molar refractivity (Wildman–Crippen MR) is 124 cm³/mol. The first-order valence-electron chi connectivity index (χ1n) is 11.3. The quantitative estimate of drug-likeness (QED) is 0.245. The van der Waals surface area contributed by atoms with Gasteiger partial charge in [0.2, 0.25) is 0 Å². The highest BCUT2D eigenvalue weighted by Crippen LogP contribution is 2.38. The number of hydrogen-bond acceptors (Lipinski definition) is 4. The second-order valence-electron chi connectivity index (χ2n) is 9.30. The Morgan fingerprint density at radius 3 is 1.94 bits per heavy atom. The third-order valence-corrected chi connectivity index (χ3v) is 5.21. The van der Waals surface area contributed by atoms with Crippen molar-refractivity contribution in [3.05, 3.63) is 89.0 Å². The SMILES string of the molecule is CC(C)(C)OC(=O)CC1CC(/C=C/C(=C(c2ccc(F)cc2)c2ccc(F)cc2)C(F)(F)F)OCO1. The molecule has 0 saturated carbocycles. The molecule has 0 aliphatic carbocycles. The first-order valence-corrected chi connectivity index (χ1v) is 11.3. The molecule has 9 heteroatoms. The molecule has 0 bridgehead atoms. The number of ether oxygens (including phenoxy) is 3. The minimum atomic E-state index is -4.80. The Morgan fingerprint density at radius 1 is 0.944 bits per heavy atom. The molecule has 2 unspecified atom stereocenters. The van der Waals surface area contributed by atoms with E-state index in [0.29, 0.717) is 0 Å². The van der Waals surface area contributed by atoms with Crippen LogP contribution in [0.5, 0.6) is 0 Å². The first kappa shape index (κ1) is 27.5. The number of esters is 1. The summed E-state index contributed by atoms with van der Waals surface area (Å²) in [6.07, 6.45) is -3.92. The van der Waals surface area contributed by atoms with E-state index in [1.807, 2.05) is 0 Å². The normalized spacial score (nSPS) is 18.8. The zero-order chi connectivity index (χ0) is 26.5. The van der Waals surface area contributed by atoms with Crippen LogP contribution in [0.25, 0.3) is 5.57 Å². The van der Waals surface area contributed by atoms with E-state index < -0.39 is 47.2 Å². The first-order chi connectivity index (χ1) is 16.8. The summed E-state index contributed by atoms with van der Waals surface area (Å²) >= 11 is 0. The van der Waals surface area contributed by atoms with E-state index in [2.05, 4.69) is 0 Å². The molecule has 2 atom stereocenters. The fourth-order valence-corrected chi connectivity index (χ4v) is 3.70. The third-order valence-electron chi connectivity index (χ3n) is 5.21. The van der Waals surface area contributed by atoms with E-state index in [-0.39, 0.29) is 36.3 Å². The Bertz CT molecular complexity index is 1050. The molecule has 194 valence electrons. The van der Waals surface area contributed by atoms with Gasteiger partial charge in [-0.1, -0.05) is 36.4 Å². The van der Waals surface area contributed by atoms with Crippen molar-refractivity contribution in [2.45, 2.75) is 57.6 Å². The lowest BCUT2D eigenvalue weighted by Gasteiger charge is -2.29. The van der Waals surface area contributed by atoms with Crippen LogP contribution in [0.3, 0.4) is 0 Å². The number of hydrogen-bond donors (Lipinski definition) is 0. The van der Waals surface area contributed by atoms with Crippen LogP contribution in [-0.2, 0) is 19.0 Å². The van der Waals surface area contributed by atoms with Crippen molar-refractivity contribution < 1.29 is 41.0 Å². The van der Waals surface area contributed by atoms with Crippen LogP contribution in [0.1, 0.15) is 44.7 Å². The average Bonchev–Trinajstić information content (AvgIpc) is 2.76. The molecule has 1 fully saturated rings. The van der Waals surface area contributed by atoms with Crippen molar-refractivity contribution in [3.8, 4) is 0 Å². The summed E-state index contributed by atoms with van der Waals surface area (Å²) < 4.78 is 85.9. The second-order valence-corrected chi connectivity index (χ2v) is 9.30. The second kappa shape index (κ2) is 11.3. The molecule has 2 aromatic rings. The number of allylic oxidation sites excluding steroid dienone is 2.